The van der Waals surface area contributed by atoms with Crippen LogP contribution in [0.25, 0.3) is 0 Å². The molecule has 180 valence electrons. The fourth-order valence-corrected chi connectivity index (χ4v) is 4.26. The Hall–Kier alpha value is -4.12. The van der Waals surface area contributed by atoms with Crippen LogP contribution < -0.4 is 9.64 Å². The molecule has 0 bridgehead atoms. The Morgan fingerprint density at radius 2 is 1.17 bits per heavy atom. The topological polar surface area (TPSA) is 73.2 Å². The van der Waals surface area contributed by atoms with Crippen molar-refractivity contribution in [3.05, 3.63) is 94.0 Å². The number of phenolic OH excluding ortho intramolecular Hbond substituents is 3. The van der Waals surface area contributed by atoms with E-state index >= 15 is 0 Å². The molecule has 35 heavy (non-hydrogen) atoms. The van der Waals surface area contributed by atoms with Crippen LogP contribution in [0.3, 0.4) is 0 Å². The summed E-state index contributed by atoms with van der Waals surface area (Å²) in [6.45, 7) is 11.6. The average Bonchev–Trinajstić information content (AvgIpc) is 2.81. The van der Waals surface area contributed by atoms with Crippen LogP contribution in [0.4, 0.5) is 17.1 Å². The first-order valence-corrected chi connectivity index (χ1v) is 11.5. The summed E-state index contributed by atoms with van der Waals surface area (Å²) in [5.74, 6) is 1.73. The Balaban J connectivity index is 1.90. The second-order valence-electron chi connectivity index (χ2n) is 9.10. The molecule has 4 aromatic carbocycles. The lowest BCUT2D eigenvalue weighted by atomic mass is 10.0. The van der Waals surface area contributed by atoms with Gasteiger partial charge >= 0.3 is 0 Å². The lowest BCUT2D eigenvalue weighted by Gasteiger charge is -2.30. The van der Waals surface area contributed by atoms with Crippen LogP contribution in [0.15, 0.2) is 60.7 Å². The zero-order valence-electron chi connectivity index (χ0n) is 21.0. The third-order valence-electron chi connectivity index (χ3n) is 6.62. The molecule has 0 saturated heterocycles. The van der Waals surface area contributed by atoms with Gasteiger partial charge in [0.1, 0.15) is 28.7 Å². The van der Waals surface area contributed by atoms with E-state index in [9.17, 15) is 15.3 Å². The smallest absolute Gasteiger partial charge is 0.134 e. The van der Waals surface area contributed by atoms with E-state index in [1.165, 1.54) is 0 Å². The molecule has 0 unspecified atom stereocenters. The van der Waals surface area contributed by atoms with Gasteiger partial charge in [0.05, 0.1) is 11.4 Å². The van der Waals surface area contributed by atoms with Gasteiger partial charge in [-0.2, -0.15) is 0 Å². The minimum absolute atomic E-state index is 0.167. The van der Waals surface area contributed by atoms with Crippen LogP contribution in [-0.2, 0) is 0 Å². The molecule has 5 nitrogen and oxygen atoms in total. The lowest BCUT2D eigenvalue weighted by molar-refractivity contribution is 0.445. The Morgan fingerprint density at radius 3 is 1.74 bits per heavy atom. The molecule has 0 spiro atoms. The van der Waals surface area contributed by atoms with Crippen molar-refractivity contribution >= 4 is 17.1 Å². The minimum atomic E-state index is 0.167. The van der Waals surface area contributed by atoms with E-state index < -0.39 is 0 Å². The van der Waals surface area contributed by atoms with Crippen molar-refractivity contribution in [2.75, 3.05) is 4.90 Å². The zero-order chi connectivity index (χ0) is 25.4. The van der Waals surface area contributed by atoms with Crippen LogP contribution in [0.2, 0.25) is 0 Å². The zero-order valence-corrected chi connectivity index (χ0v) is 21.0. The van der Waals surface area contributed by atoms with Crippen molar-refractivity contribution in [3.8, 4) is 28.7 Å². The number of anilines is 3. The largest absolute Gasteiger partial charge is 0.508 e. The van der Waals surface area contributed by atoms with Gasteiger partial charge in [0, 0.05) is 29.4 Å². The highest BCUT2D eigenvalue weighted by Crippen LogP contribution is 2.44. The summed E-state index contributed by atoms with van der Waals surface area (Å²) in [7, 11) is 0. The van der Waals surface area contributed by atoms with Gasteiger partial charge in [-0.1, -0.05) is 12.1 Å². The molecule has 0 aromatic heterocycles. The second kappa shape index (κ2) is 9.26. The highest BCUT2D eigenvalue weighted by Gasteiger charge is 2.21. The third-order valence-corrected chi connectivity index (χ3v) is 6.62. The monoisotopic (exact) mass is 469 g/mol. The van der Waals surface area contributed by atoms with Crippen molar-refractivity contribution in [3.63, 3.8) is 0 Å². The van der Waals surface area contributed by atoms with E-state index in [1.54, 1.807) is 24.3 Å². The van der Waals surface area contributed by atoms with Crippen molar-refractivity contribution in [2.45, 2.75) is 41.5 Å². The van der Waals surface area contributed by atoms with Crippen LogP contribution in [-0.4, -0.2) is 15.3 Å². The van der Waals surface area contributed by atoms with Gasteiger partial charge in [-0.05, 0) is 99.7 Å². The van der Waals surface area contributed by atoms with Gasteiger partial charge in [0.25, 0.3) is 0 Å². The molecule has 0 aliphatic rings. The van der Waals surface area contributed by atoms with Gasteiger partial charge in [-0.15, -0.1) is 0 Å². The van der Waals surface area contributed by atoms with E-state index in [0.717, 1.165) is 44.9 Å². The fraction of sp³-hybridized carbons (Fsp3) is 0.200. The summed E-state index contributed by atoms with van der Waals surface area (Å²) >= 11 is 0. The van der Waals surface area contributed by atoms with Crippen molar-refractivity contribution in [2.24, 2.45) is 0 Å². The Labute approximate surface area is 206 Å². The molecule has 0 atom stereocenters. The number of hydrogen-bond acceptors (Lipinski definition) is 5. The van der Waals surface area contributed by atoms with E-state index in [2.05, 4.69) is 0 Å². The highest BCUT2D eigenvalue weighted by atomic mass is 16.5. The van der Waals surface area contributed by atoms with Gasteiger partial charge < -0.3 is 25.0 Å². The molecule has 4 aromatic rings. The first kappa shape index (κ1) is 24.0. The summed E-state index contributed by atoms with van der Waals surface area (Å²) in [6, 6.07) is 18.3. The predicted octanol–water partition coefficient (Wildman–Crippen LogP) is 7.92. The molecule has 0 radical (unpaired) electrons. The van der Waals surface area contributed by atoms with E-state index in [0.29, 0.717) is 17.1 Å². The Morgan fingerprint density at radius 1 is 0.600 bits per heavy atom. The van der Waals surface area contributed by atoms with Crippen molar-refractivity contribution in [1.29, 1.82) is 0 Å². The van der Waals surface area contributed by atoms with Crippen LogP contribution in [0.1, 0.15) is 33.4 Å². The number of hydrogen-bond donors (Lipinski definition) is 3. The van der Waals surface area contributed by atoms with Gasteiger partial charge in [0.2, 0.25) is 0 Å². The third kappa shape index (κ3) is 4.62. The van der Waals surface area contributed by atoms with Crippen LogP contribution in [0.5, 0.6) is 28.7 Å². The van der Waals surface area contributed by atoms with E-state index in [-0.39, 0.29) is 17.2 Å². The summed E-state index contributed by atoms with van der Waals surface area (Å²) in [6.07, 6.45) is 0. The lowest BCUT2D eigenvalue weighted by Crippen LogP contribution is -2.14. The maximum absolute atomic E-state index is 10.4. The SMILES string of the molecule is Cc1cc(O)cc(N(c2cccc(Oc3ccc(C)c(O)c3C)c2)c2cc(O)cc(C)c2C)c1C. The molecule has 0 heterocycles. The van der Waals surface area contributed by atoms with Gasteiger partial charge in [0.15, 0.2) is 0 Å². The Bertz CT molecular complexity index is 1370. The molecule has 4 rings (SSSR count). The summed E-state index contributed by atoms with van der Waals surface area (Å²) in [5, 5.41) is 31.2. The number of rotatable bonds is 5. The van der Waals surface area contributed by atoms with E-state index in [4.69, 9.17) is 4.74 Å². The number of ether oxygens (including phenoxy) is 1. The normalized spacial score (nSPS) is 10.9. The molecule has 0 aliphatic carbocycles. The average molecular weight is 470 g/mol. The van der Waals surface area contributed by atoms with Crippen LogP contribution in [0, 0.1) is 41.5 Å². The highest BCUT2D eigenvalue weighted by molar-refractivity contribution is 5.83. The number of aromatic hydroxyl groups is 3. The van der Waals surface area contributed by atoms with Crippen LogP contribution >= 0.6 is 0 Å². The summed E-state index contributed by atoms with van der Waals surface area (Å²) in [4.78, 5) is 2.02. The maximum Gasteiger partial charge on any atom is 0.134 e. The quantitative estimate of drug-likeness (QED) is 0.277. The molecule has 3 N–H and O–H groups in total. The summed E-state index contributed by atoms with van der Waals surface area (Å²) < 4.78 is 6.18. The number of aryl methyl sites for hydroxylation is 3. The van der Waals surface area contributed by atoms with E-state index in [1.807, 2.05) is 82.8 Å². The second-order valence-corrected chi connectivity index (χ2v) is 9.10. The molecule has 5 heteroatoms. The number of nitrogens with zero attached hydrogens (tertiary/aromatic N) is 1. The maximum atomic E-state index is 10.4. The van der Waals surface area contributed by atoms with Gasteiger partial charge in [-0.25, -0.2) is 0 Å². The molecule has 0 fully saturated rings. The summed E-state index contributed by atoms with van der Waals surface area (Å²) in [5.41, 5.74) is 7.80. The molecule has 0 aliphatic heterocycles. The number of phenols is 3. The minimum Gasteiger partial charge on any atom is -0.508 e. The number of benzene rings is 4. The fourth-order valence-electron chi connectivity index (χ4n) is 4.26. The molecular formula is C30H31NO4. The molecular weight excluding hydrogens is 438 g/mol. The van der Waals surface area contributed by atoms with Crippen molar-refractivity contribution in [1.82, 2.24) is 0 Å². The standard InChI is InChI=1S/C30H31NO4/c1-17-10-11-29(22(6)30(17)34)35-26-9-7-8-23(14-26)31(27-15-24(32)12-18(2)20(27)4)28-16-25(33)13-19(3)21(28)5/h7-16,32-34H,1-6H3. The first-order chi connectivity index (χ1) is 16.6. The molecule has 0 saturated carbocycles. The first-order valence-electron chi connectivity index (χ1n) is 11.5. The van der Waals surface area contributed by atoms with Gasteiger partial charge in [-0.3, -0.25) is 0 Å². The molecule has 0 amide bonds. The van der Waals surface area contributed by atoms with Crippen molar-refractivity contribution < 1.29 is 20.1 Å². The Kier molecular flexibility index (Phi) is 6.35. The predicted molar refractivity (Wildman–Crippen MR) is 141 cm³/mol.